The number of halogens is 1. The second-order valence-corrected chi connectivity index (χ2v) is 6.37. The van der Waals surface area contributed by atoms with Gasteiger partial charge in [-0.1, -0.05) is 42.0 Å². The number of hydrogen-bond acceptors (Lipinski definition) is 5. The Morgan fingerprint density at radius 2 is 1.82 bits per heavy atom. The lowest BCUT2D eigenvalue weighted by Crippen LogP contribution is -2.18. The first-order chi connectivity index (χ1) is 13.5. The third-order valence-corrected chi connectivity index (χ3v) is 4.19. The molecule has 0 bridgehead atoms. The quantitative estimate of drug-likeness (QED) is 0.503. The van der Waals surface area contributed by atoms with Crippen LogP contribution < -0.4 is 22.1 Å². The molecule has 0 radical (unpaired) electrons. The van der Waals surface area contributed by atoms with Gasteiger partial charge in [-0.15, -0.1) is 0 Å². The molecule has 1 aromatic heterocycles. The highest BCUT2D eigenvalue weighted by Crippen LogP contribution is 2.27. The van der Waals surface area contributed by atoms with Gasteiger partial charge in [0, 0.05) is 18.8 Å². The molecule has 3 rings (SSSR count). The Morgan fingerprint density at radius 3 is 2.50 bits per heavy atom. The molecule has 7 heteroatoms. The fourth-order valence-corrected chi connectivity index (χ4v) is 2.75. The topological polar surface area (TPSA) is 106 Å². The van der Waals surface area contributed by atoms with Crippen LogP contribution in [-0.4, -0.2) is 24.0 Å². The Kier molecular flexibility index (Phi) is 5.86. The molecule has 0 aliphatic rings. The van der Waals surface area contributed by atoms with Gasteiger partial charge in [0.15, 0.2) is 11.6 Å². The zero-order valence-corrected chi connectivity index (χ0v) is 15.5. The van der Waals surface area contributed by atoms with E-state index in [2.05, 4.69) is 15.6 Å². The number of pyridine rings is 1. The molecule has 0 saturated carbocycles. The SMILES string of the molecule is Cc1ccc(-c2cccc(Nc3nc(NCCN)c(F)cc3C(N)=O)c2)cc1. The number of anilines is 3. The summed E-state index contributed by atoms with van der Waals surface area (Å²) in [5, 5.41) is 5.86. The standard InChI is InChI=1S/C21H22FN5O/c1-13-5-7-14(8-6-13)15-3-2-4-16(11-15)26-20-17(19(24)28)12-18(22)21(27-20)25-10-9-23/h2-8,11-12H,9-10,23H2,1H3,(H2,24,28)(H2,25,26,27). The Morgan fingerprint density at radius 1 is 1.07 bits per heavy atom. The van der Waals surface area contributed by atoms with Crippen molar-refractivity contribution >= 4 is 23.2 Å². The molecule has 0 fully saturated rings. The molecule has 3 aromatic rings. The largest absolute Gasteiger partial charge is 0.366 e. The summed E-state index contributed by atoms with van der Waals surface area (Å²) in [6.07, 6.45) is 0. The van der Waals surface area contributed by atoms with Crippen LogP contribution in [0.5, 0.6) is 0 Å². The molecular formula is C21H22FN5O. The summed E-state index contributed by atoms with van der Waals surface area (Å²) < 4.78 is 14.2. The zero-order valence-electron chi connectivity index (χ0n) is 15.5. The number of nitrogens with two attached hydrogens (primary N) is 2. The first-order valence-corrected chi connectivity index (χ1v) is 8.86. The molecule has 6 N–H and O–H groups in total. The molecule has 0 spiro atoms. The van der Waals surface area contributed by atoms with Crippen LogP contribution in [0, 0.1) is 12.7 Å². The molecule has 6 nitrogen and oxygen atoms in total. The van der Waals surface area contributed by atoms with Crippen molar-refractivity contribution in [1.82, 2.24) is 4.98 Å². The second kappa shape index (κ2) is 8.49. The van der Waals surface area contributed by atoms with Gasteiger partial charge in [0.1, 0.15) is 5.82 Å². The number of rotatable bonds is 7. The molecule has 144 valence electrons. The van der Waals surface area contributed by atoms with Gasteiger partial charge < -0.3 is 22.1 Å². The van der Waals surface area contributed by atoms with Crippen molar-refractivity contribution in [2.75, 3.05) is 23.7 Å². The van der Waals surface area contributed by atoms with Crippen molar-refractivity contribution in [3.63, 3.8) is 0 Å². The number of benzene rings is 2. The van der Waals surface area contributed by atoms with Gasteiger partial charge in [0.2, 0.25) is 0 Å². The van der Waals surface area contributed by atoms with E-state index in [1.165, 1.54) is 5.56 Å². The third kappa shape index (κ3) is 4.44. The first-order valence-electron chi connectivity index (χ1n) is 8.86. The molecule has 0 saturated heterocycles. The summed E-state index contributed by atoms with van der Waals surface area (Å²) in [7, 11) is 0. The predicted octanol–water partition coefficient (Wildman–Crippen LogP) is 3.41. The van der Waals surface area contributed by atoms with Crippen LogP contribution in [0.1, 0.15) is 15.9 Å². The van der Waals surface area contributed by atoms with Gasteiger partial charge in [-0.25, -0.2) is 9.37 Å². The number of carbonyl (C=O) groups excluding carboxylic acids is 1. The zero-order chi connectivity index (χ0) is 20.1. The number of primary amides is 1. The van der Waals surface area contributed by atoms with Crippen LogP contribution in [0.4, 0.5) is 21.7 Å². The minimum atomic E-state index is -0.769. The number of aromatic nitrogens is 1. The second-order valence-electron chi connectivity index (χ2n) is 6.37. The Balaban J connectivity index is 1.95. The van der Waals surface area contributed by atoms with Crippen LogP contribution in [0.25, 0.3) is 11.1 Å². The maximum absolute atomic E-state index is 14.2. The smallest absolute Gasteiger partial charge is 0.252 e. The van der Waals surface area contributed by atoms with Crippen molar-refractivity contribution in [3.05, 3.63) is 71.5 Å². The monoisotopic (exact) mass is 379 g/mol. The van der Waals surface area contributed by atoms with E-state index in [1.807, 2.05) is 55.5 Å². The van der Waals surface area contributed by atoms with Gasteiger partial charge in [-0.05, 0) is 36.2 Å². The van der Waals surface area contributed by atoms with Crippen molar-refractivity contribution in [1.29, 1.82) is 0 Å². The van der Waals surface area contributed by atoms with Crippen LogP contribution >= 0.6 is 0 Å². The lowest BCUT2D eigenvalue weighted by atomic mass is 10.0. The summed E-state index contributed by atoms with van der Waals surface area (Å²) in [6, 6.07) is 16.8. The van der Waals surface area contributed by atoms with Crippen LogP contribution in [0.3, 0.4) is 0 Å². The molecule has 28 heavy (non-hydrogen) atoms. The van der Waals surface area contributed by atoms with Crippen LogP contribution in [0.2, 0.25) is 0 Å². The average Bonchev–Trinajstić information content (AvgIpc) is 2.68. The fraction of sp³-hybridized carbons (Fsp3) is 0.143. The Hall–Kier alpha value is -3.45. The Labute approximate surface area is 162 Å². The van der Waals surface area contributed by atoms with E-state index in [0.717, 1.165) is 17.2 Å². The highest BCUT2D eigenvalue weighted by atomic mass is 19.1. The normalized spacial score (nSPS) is 10.5. The average molecular weight is 379 g/mol. The molecule has 0 atom stereocenters. The van der Waals surface area contributed by atoms with Crippen molar-refractivity contribution in [3.8, 4) is 11.1 Å². The number of amides is 1. The maximum Gasteiger partial charge on any atom is 0.252 e. The van der Waals surface area contributed by atoms with E-state index < -0.39 is 11.7 Å². The van der Waals surface area contributed by atoms with Gasteiger partial charge >= 0.3 is 0 Å². The molecular weight excluding hydrogens is 357 g/mol. The van der Waals surface area contributed by atoms with Gasteiger partial charge in [0.05, 0.1) is 5.56 Å². The van der Waals surface area contributed by atoms with Crippen LogP contribution in [-0.2, 0) is 0 Å². The number of nitrogens with zero attached hydrogens (tertiary/aromatic N) is 1. The maximum atomic E-state index is 14.2. The minimum Gasteiger partial charge on any atom is -0.366 e. The highest BCUT2D eigenvalue weighted by molar-refractivity contribution is 5.98. The summed E-state index contributed by atoms with van der Waals surface area (Å²) in [5.41, 5.74) is 14.7. The molecule has 1 amide bonds. The van der Waals surface area contributed by atoms with Crippen LogP contribution in [0.15, 0.2) is 54.6 Å². The van der Waals surface area contributed by atoms with Crippen molar-refractivity contribution in [2.45, 2.75) is 6.92 Å². The summed E-state index contributed by atoms with van der Waals surface area (Å²) >= 11 is 0. The fourth-order valence-electron chi connectivity index (χ4n) is 2.75. The first kappa shape index (κ1) is 19.3. The van der Waals surface area contributed by atoms with Crippen molar-refractivity contribution < 1.29 is 9.18 Å². The van der Waals surface area contributed by atoms with E-state index in [1.54, 1.807) is 0 Å². The Bertz CT molecular complexity index is 989. The summed E-state index contributed by atoms with van der Waals surface area (Å²) in [5.74, 6) is -1.25. The van der Waals surface area contributed by atoms with Crippen molar-refractivity contribution in [2.24, 2.45) is 11.5 Å². The minimum absolute atomic E-state index is 0.00707. The lowest BCUT2D eigenvalue weighted by molar-refractivity contribution is 0.100. The summed E-state index contributed by atoms with van der Waals surface area (Å²) in [6.45, 7) is 2.70. The molecule has 0 aliphatic heterocycles. The number of aryl methyl sites for hydroxylation is 1. The van der Waals surface area contributed by atoms with Gasteiger partial charge in [-0.3, -0.25) is 4.79 Å². The molecule has 0 aliphatic carbocycles. The highest BCUT2D eigenvalue weighted by Gasteiger charge is 2.16. The van der Waals surface area contributed by atoms with E-state index in [-0.39, 0.29) is 17.2 Å². The van der Waals surface area contributed by atoms with Gasteiger partial charge in [0.25, 0.3) is 5.91 Å². The van der Waals surface area contributed by atoms with Gasteiger partial charge in [-0.2, -0.15) is 0 Å². The molecule has 2 aromatic carbocycles. The number of nitrogens with one attached hydrogen (secondary N) is 2. The summed E-state index contributed by atoms with van der Waals surface area (Å²) in [4.78, 5) is 15.9. The molecule has 1 heterocycles. The third-order valence-electron chi connectivity index (χ3n) is 4.19. The lowest BCUT2D eigenvalue weighted by Gasteiger charge is -2.14. The predicted molar refractivity (Wildman–Crippen MR) is 110 cm³/mol. The van der Waals surface area contributed by atoms with E-state index in [9.17, 15) is 9.18 Å². The number of hydrogen-bond donors (Lipinski definition) is 4. The number of carbonyl (C=O) groups is 1. The van der Waals surface area contributed by atoms with E-state index >= 15 is 0 Å². The van der Waals surface area contributed by atoms with E-state index in [4.69, 9.17) is 11.5 Å². The van der Waals surface area contributed by atoms with E-state index in [0.29, 0.717) is 18.8 Å². The molecule has 0 unspecified atom stereocenters.